The van der Waals surface area contributed by atoms with Crippen LogP contribution in [0.15, 0.2) is 140 Å². The fourth-order valence-electron chi connectivity index (χ4n) is 5.92. The molecule has 53 heavy (non-hydrogen) atoms. The van der Waals surface area contributed by atoms with Crippen LogP contribution in [-0.2, 0) is 23.7 Å². The number of fused-ring (bicyclic) bond motifs is 1. The molecule has 0 bridgehead atoms. The van der Waals surface area contributed by atoms with E-state index in [1.165, 1.54) is 54.6 Å². The molecule has 0 spiro atoms. The first-order valence-electron chi connectivity index (χ1n) is 16.6. The van der Waals surface area contributed by atoms with E-state index in [-0.39, 0.29) is 28.1 Å². The Morgan fingerprint density at radius 1 is 0.585 bits per heavy atom. The summed E-state index contributed by atoms with van der Waals surface area (Å²) in [4.78, 5) is 62.0. The van der Waals surface area contributed by atoms with Crippen LogP contribution in [0.4, 0.5) is 4.39 Å². The maximum absolute atomic E-state index is 14.3. The van der Waals surface area contributed by atoms with Crippen LogP contribution in [0.25, 0.3) is 11.0 Å². The van der Waals surface area contributed by atoms with Crippen LogP contribution in [0, 0.1) is 5.82 Å². The van der Waals surface area contributed by atoms with E-state index >= 15 is 0 Å². The van der Waals surface area contributed by atoms with Crippen molar-refractivity contribution in [3.05, 3.63) is 173 Å². The van der Waals surface area contributed by atoms with Gasteiger partial charge in [-0.15, -0.1) is 0 Å². The number of nitrogens with zero attached hydrogens (tertiary/aromatic N) is 1. The van der Waals surface area contributed by atoms with Crippen LogP contribution >= 0.6 is 0 Å². The number of aromatic amines is 1. The van der Waals surface area contributed by atoms with Gasteiger partial charge in [-0.25, -0.2) is 28.6 Å². The molecule has 5 atom stereocenters. The van der Waals surface area contributed by atoms with Gasteiger partial charge in [0.2, 0.25) is 0 Å². The van der Waals surface area contributed by atoms with E-state index in [0.717, 1.165) is 0 Å². The second-order valence-corrected chi connectivity index (χ2v) is 12.1. The summed E-state index contributed by atoms with van der Waals surface area (Å²) in [6.45, 7) is -0.495. The molecule has 5 aromatic carbocycles. The molecule has 12 heteroatoms. The summed E-state index contributed by atoms with van der Waals surface area (Å²) in [5, 5.41) is 0. The van der Waals surface area contributed by atoms with Gasteiger partial charge >= 0.3 is 23.9 Å². The van der Waals surface area contributed by atoms with Crippen LogP contribution in [-0.4, -0.2) is 64.9 Å². The number of hydrogen-bond donors (Lipinski definition) is 1. The summed E-state index contributed by atoms with van der Waals surface area (Å²) in [5.41, 5.74) is 1.41. The standard InChI is InChI=1S/C41H31FN2O9/c42-29-21-22-30-31(23-29)44-37(43-30)36-35(53-41(48)28-19-11-4-12-20-28)34(52-40(47)27-17-9-3-10-18-27)33(51-39(46)26-15-7-2-8-16-26)32(50-36)24-49-38(45)25-13-5-1-6-14-25/h1-23,32-36H,24H2,(H,43,44)/t32-,33-,34+,35-,36-/m1/s1. The third-order valence-electron chi connectivity index (χ3n) is 8.51. The highest BCUT2D eigenvalue weighted by Crippen LogP contribution is 2.38. The number of hydrogen-bond acceptors (Lipinski definition) is 10. The van der Waals surface area contributed by atoms with Crippen molar-refractivity contribution in [2.45, 2.75) is 30.5 Å². The highest BCUT2D eigenvalue weighted by Gasteiger charge is 2.54. The Morgan fingerprint density at radius 2 is 1.04 bits per heavy atom. The second kappa shape index (κ2) is 15.7. The highest BCUT2D eigenvalue weighted by molar-refractivity contribution is 5.91. The van der Waals surface area contributed by atoms with Gasteiger partial charge in [0.15, 0.2) is 24.4 Å². The fraction of sp³-hybridized carbons (Fsp3) is 0.146. The summed E-state index contributed by atoms with van der Waals surface area (Å²) in [5.74, 6) is -3.61. The number of rotatable bonds is 10. The van der Waals surface area contributed by atoms with Gasteiger partial charge in [0, 0.05) is 0 Å². The fourth-order valence-corrected chi connectivity index (χ4v) is 5.92. The number of imidazole rings is 1. The SMILES string of the molecule is O=C(OC[C@H]1O[C@@H](c2nc3ccc(F)cc3[nH]2)[C@H](OC(=O)c2ccccc2)[C@@H](OC(=O)c2ccccc2)[C@@H]1OC(=O)c1ccccc1)c1ccccc1. The van der Waals surface area contributed by atoms with Gasteiger partial charge in [0.05, 0.1) is 33.3 Å². The number of ether oxygens (including phenoxy) is 5. The van der Waals surface area contributed by atoms with Gasteiger partial charge in [-0.05, 0) is 66.7 Å². The molecule has 0 radical (unpaired) electrons. The molecule has 1 saturated heterocycles. The van der Waals surface area contributed by atoms with Crippen molar-refractivity contribution >= 4 is 34.9 Å². The highest BCUT2D eigenvalue weighted by atomic mass is 19.1. The zero-order valence-corrected chi connectivity index (χ0v) is 27.9. The largest absolute Gasteiger partial charge is 0.459 e. The molecule has 0 unspecified atom stereocenters. The van der Waals surface area contributed by atoms with Crippen molar-refractivity contribution in [2.75, 3.05) is 6.61 Å². The van der Waals surface area contributed by atoms with Gasteiger partial charge in [0.25, 0.3) is 0 Å². The number of H-pyrrole nitrogens is 1. The van der Waals surface area contributed by atoms with Gasteiger partial charge in [-0.1, -0.05) is 72.8 Å². The maximum Gasteiger partial charge on any atom is 0.338 e. The first-order chi connectivity index (χ1) is 25.8. The molecule has 1 N–H and O–H groups in total. The van der Waals surface area contributed by atoms with Gasteiger partial charge in [-0.2, -0.15) is 0 Å². The summed E-state index contributed by atoms with van der Waals surface area (Å²) >= 11 is 0. The van der Waals surface area contributed by atoms with Gasteiger partial charge in [0.1, 0.15) is 24.4 Å². The van der Waals surface area contributed by atoms with Gasteiger partial charge in [-0.3, -0.25) is 0 Å². The predicted octanol–water partition coefficient (Wildman–Crippen LogP) is 6.68. The van der Waals surface area contributed by atoms with Crippen molar-refractivity contribution in [3.8, 4) is 0 Å². The molecule has 1 aromatic heterocycles. The maximum atomic E-state index is 14.3. The minimum absolute atomic E-state index is 0.0736. The van der Waals surface area contributed by atoms with E-state index in [9.17, 15) is 23.6 Å². The molecule has 0 amide bonds. The minimum Gasteiger partial charge on any atom is -0.459 e. The molecular weight excluding hydrogens is 683 g/mol. The van der Waals surface area contributed by atoms with E-state index in [2.05, 4.69) is 9.97 Å². The Labute approximate surface area is 302 Å². The third kappa shape index (κ3) is 7.97. The smallest absolute Gasteiger partial charge is 0.338 e. The van der Waals surface area contributed by atoms with Crippen molar-refractivity contribution in [1.29, 1.82) is 0 Å². The monoisotopic (exact) mass is 714 g/mol. The van der Waals surface area contributed by atoms with Crippen molar-refractivity contribution < 1.29 is 47.3 Å². The van der Waals surface area contributed by atoms with Crippen LogP contribution < -0.4 is 0 Å². The second-order valence-electron chi connectivity index (χ2n) is 12.1. The van der Waals surface area contributed by atoms with Crippen LogP contribution in [0.5, 0.6) is 0 Å². The lowest BCUT2D eigenvalue weighted by Crippen LogP contribution is -2.60. The molecule has 1 aliphatic rings. The lowest BCUT2D eigenvalue weighted by molar-refractivity contribution is -0.233. The molecule has 0 saturated carbocycles. The minimum atomic E-state index is -1.56. The summed E-state index contributed by atoms with van der Waals surface area (Å²) in [6, 6.07) is 36.4. The molecule has 0 aliphatic carbocycles. The molecule has 1 fully saturated rings. The normalized spacial score (nSPS) is 19.5. The molecule has 11 nitrogen and oxygen atoms in total. The first-order valence-corrected chi connectivity index (χ1v) is 16.6. The first kappa shape index (κ1) is 34.8. The number of benzene rings is 5. The zero-order chi connectivity index (χ0) is 36.7. The van der Waals surface area contributed by atoms with Crippen LogP contribution in [0.3, 0.4) is 0 Å². The number of carbonyl (C=O) groups is 4. The Morgan fingerprint density at radius 3 is 1.55 bits per heavy atom. The molecule has 7 rings (SSSR count). The van der Waals surface area contributed by atoms with E-state index < -0.39 is 66.8 Å². The lowest BCUT2D eigenvalue weighted by atomic mass is 9.93. The van der Waals surface area contributed by atoms with E-state index in [4.69, 9.17) is 23.7 Å². The quantitative estimate of drug-likeness (QED) is 0.121. The average Bonchev–Trinajstić information content (AvgIpc) is 3.62. The number of nitrogens with one attached hydrogen (secondary N) is 1. The summed E-state index contributed by atoms with van der Waals surface area (Å²) in [6.07, 6.45) is -7.25. The topological polar surface area (TPSA) is 143 Å². The number of carbonyl (C=O) groups excluding carboxylic acids is 4. The molecule has 266 valence electrons. The molecule has 1 aliphatic heterocycles. The predicted molar refractivity (Wildman–Crippen MR) is 187 cm³/mol. The lowest BCUT2D eigenvalue weighted by Gasteiger charge is -2.44. The Kier molecular flexibility index (Phi) is 10.3. The van der Waals surface area contributed by atoms with Crippen molar-refractivity contribution in [2.24, 2.45) is 0 Å². The number of halogens is 1. The van der Waals surface area contributed by atoms with Crippen molar-refractivity contribution in [1.82, 2.24) is 9.97 Å². The Bertz CT molecular complexity index is 2220. The van der Waals surface area contributed by atoms with Crippen molar-refractivity contribution in [3.63, 3.8) is 0 Å². The van der Waals surface area contributed by atoms with E-state index in [0.29, 0.717) is 11.0 Å². The van der Waals surface area contributed by atoms with E-state index in [1.54, 1.807) is 84.9 Å². The molecule has 2 heterocycles. The average molecular weight is 715 g/mol. The molecule has 6 aromatic rings. The van der Waals surface area contributed by atoms with Crippen LogP contribution in [0.1, 0.15) is 53.4 Å². The van der Waals surface area contributed by atoms with E-state index in [1.807, 2.05) is 0 Å². The zero-order valence-electron chi connectivity index (χ0n) is 27.9. The number of aromatic nitrogens is 2. The number of esters is 4. The summed E-state index contributed by atoms with van der Waals surface area (Å²) < 4.78 is 44.8. The van der Waals surface area contributed by atoms with Crippen LogP contribution in [0.2, 0.25) is 0 Å². The Balaban J connectivity index is 1.34. The molecular formula is C41H31FN2O9. The van der Waals surface area contributed by atoms with Gasteiger partial charge < -0.3 is 28.7 Å². The Hall–Kier alpha value is -6.66. The summed E-state index contributed by atoms with van der Waals surface area (Å²) in [7, 11) is 0. The third-order valence-corrected chi connectivity index (χ3v) is 8.51.